The van der Waals surface area contributed by atoms with Gasteiger partial charge in [0.1, 0.15) is 5.75 Å². The number of anilines is 2. The number of methoxy groups -OCH3 is 1. The van der Waals surface area contributed by atoms with Crippen molar-refractivity contribution in [3.05, 3.63) is 125 Å². The highest BCUT2D eigenvalue weighted by molar-refractivity contribution is 7.80. The van der Waals surface area contributed by atoms with Crippen LogP contribution in [0.25, 0.3) is 10.8 Å². The quantitative estimate of drug-likeness (QED) is 0.0844. The molecular weight excluding hydrogens is 657 g/mol. The van der Waals surface area contributed by atoms with E-state index in [1.165, 1.54) is 23.8 Å². The molecule has 0 saturated heterocycles. The summed E-state index contributed by atoms with van der Waals surface area (Å²) in [5, 5.41) is 34.1. The number of hydrogen-bond acceptors (Lipinski definition) is 6. The first-order chi connectivity index (χ1) is 24.1. The third kappa shape index (κ3) is 11.6. The highest BCUT2D eigenvalue weighted by Crippen LogP contribution is 2.28. The summed E-state index contributed by atoms with van der Waals surface area (Å²) < 4.78 is 5.10. The molecular formula is C42H50N4O4S. The largest absolute Gasteiger partial charge is 0.508 e. The van der Waals surface area contributed by atoms with E-state index in [-0.39, 0.29) is 34.8 Å². The number of amides is 1. The number of ether oxygens (including phenoxy) is 1. The van der Waals surface area contributed by atoms with E-state index in [0.29, 0.717) is 29.6 Å². The van der Waals surface area contributed by atoms with Gasteiger partial charge in [-0.25, -0.2) is 0 Å². The van der Waals surface area contributed by atoms with Crippen molar-refractivity contribution in [1.29, 1.82) is 0 Å². The predicted molar refractivity (Wildman–Crippen MR) is 214 cm³/mol. The van der Waals surface area contributed by atoms with Crippen LogP contribution in [0.3, 0.4) is 0 Å². The summed E-state index contributed by atoms with van der Waals surface area (Å²) in [5.41, 5.74) is 6.60. The monoisotopic (exact) mass is 706 g/mol. The number of aromatic hydroxyl groups is 2. The number of carbonyl (C=O) groups excluding carboxylic acids is 1. The molecule has 1 amide bonds. The van der Waals surface area contributed by atoms with Crippen LogP contribution in [0.1, 0.15) is 63.8 Å². The Morgan fingerprint density at radius 2 is 1.31 bits per heavy atom. The maximum Gasteiger partial charge on any atom is 0.243 e. The van der Waals surface area contributed by atoms with Crippen molar-refractivity contribution in [2.24, 2.45) is 0 Å². The molecule has 0 aromatic heterocycles. The number of nitrogens with one attached hydrogen (secondary N) is 4. The maximum atomic E-state index is 12.3. The van der Waals surface area contributed by atoms with E-state index >= 15 is 0 Å². The summed E-state index contributed by atoms with van der Waals surface area (Å²) in [5.74, 6) is 0.625. The number of thiocarbonyl (C=S) groups is 1. The molecule has 0 aliphatic carbocycles. The zero-order valence-corrected chi connectivity index (χ0v) is 31.4. The second kappa shape index (κ2) is 17.1. The Kier molecular flexibility index (Phi) is 12.9. The van der Waals surface area contributed by atoms with Crippen LogP contribution >= 0.6 is 12.2 Å². The molecule has 5 aromatic rings. The molecule has 8 nitrogen and oxygen atoms in total. The Bertz CT molecular complexity index is 1930. The van der Waals surface area contributed by atoms with Crippen molar-refractivity contribution < 1.29 is 19.7 Å². The average Bonchev–Trinajstić information content (AvgIpc) is 3.09. The van der Waals surface area contributed by atoms with Crippen molar-refractivity contribution in [3.8, 4) is 17.2 Å². The highest BCUT2D eigenvalue weighted by atomic mass is 32.1. The summed E-state index contributed by atoms with van der Waals surface area (Å²) in [7, 11) is 1.53. The minimum absolute atomic E-state index is 0.107. The summed E-state index contributed by atoms with van der Waals surface area (Å²) in [6.45, 7) is 14.5. The van der Waals surface area contributed by atoms with Gasteiger partial charge in [-0.2, -0.15) is 0 Å². The summed E-state index contributed by atoms with van der Waals surface area (Å²) in [6, 6.07) is 32.7. The first-order valence-electron chi connectivity index (χ1n) is 17.0. The normalized spacial score (nSPS) is 11.2. The van der Waals surface area contributed by atoms with Crippen LogP contribution in [0.5, 0.6) is 17.2 Å². The lowest BCUT2D eigenvalue weighted by Gasteiger charge is -2.19. The molecule has 0 heterocycles. The van der Waals surface area contributed by atoms with Crippen LogP contribution in [0.4, 0.5) is 11.4 Å². The smallest absolute Gasteiger partial charge is 0.243 e. The number of rotatable bonds is 9. The van der Waals surface area contributed by atoms with Crippen LogP contribution in [-0.4, -0.2) is 34.9 Å². The lowest BCUT2D eigenvalue weighted by atomic mass is 9.87. The van der Waals surface area contributed by atoms with E-state index in [1.54, 1.807) is 24.3 Å². The Hall–Kier alpha value is -5.28. The fourth-order valence-corrected chi connectivity index (χ4v) is 5.36. The highest BCUT2D eigenvalue weighted by Gasteiger charge is 2.14. The van der Waals surface area contributed by atoms with Crippen LogP contribution in [-0.2, 0) is 28.7 Å². The van der Waals surface area contributed by atoms with E-state index in [0.717, 1.165) is 22.0 Å². The van der Waals surface area contributed by atoms with Crippen molar-refractivity contribution >= 4 is 45.4 Å². The lowest BCUT2D eigenvalue weighted by Crippen LogP contribution is -2.34. The minimum Gasteiger partial charge on any atom is -0.508 e. The molecule has 268 valence electrons. The van der Waals surface area contributed by atoms with Crippen LogP contribution in [0.15, 0.2) is 103 Å². The number of phenols is 2. The fraction of sp³-hybridized carbons (Fsp3) is 0.286. The zero-order chi connectivity index (χ0) is 37.2. The summed E-state index contributed by atoms with van der Waals surface area (Å²) in [6.07, 6.45) is 0. The van der Waals surface area contributed by atoms with E-state index in [4.69, 9.17) is 17.0 Å². The molecule has 0 saturated carbocycles. The Morgan fingerprint density at radius 3 is 1.92 bits per heavy atom. The SMILES string of the molecule is CC(C)(C)c1ccc(NCC(=O)Nc2cccc3ccc(O)cc23)cc1.COc1cc(CNC(=S)NCc2ccc(C(C)(C)C)cc2)ccc1O. The minimum atomic E-state index is -0.138. The molecule has 9 heteroatoms. The second-order valence-corrected chi connectivity index (χ2v) is 14.8. The van der Waals surface area contributed by atoms with Crippen molar-refractivity contribution in [2.75, 3.05) is 24.3 Å². The van der Waals surface area contributed by atoms with Crippen LogP contribution < -0.4 is 26.0 Å². The number of hydrogen-bond donors (Lipinski definition) is 6. The van der Waals surface area contributed by atoms with Gasteiger partial charge in [0, 0.05) is 29.9 Å². The molecule has 6 N–H and O–H groups in total. The van der Waals surface area contributed by atoms with E-state index < -0.39 is 0 Å². The number of benzene rings is 5. The van der Waals surface area contributed by atoms with Gasteiger partial charge in [-0.05, 0) is 93.2 Å². The molecule has 51 heavy (non-hydrogen) atoms. The third-order valence-electron chi connectivity index (χ3n) is 8.31. The lowest BCUT2D eigenvalue weighted by molar-refractivity contribution is -0.114. The van der Waals surface area contributed by atoms with Gasteiger partial charge in [-0.3, -0.25) is 4.79 Å². The molecule has 0 fully saturated rings. The molecule has 0 radical (unpaired) electrons. The van der Waals surface area contributed by atoms with Crippen LogP contribution in [0, 0.1) is 0 Å². The van der Waals surface area contributed by atoms with Gasteiger partial charge in [-0.1, -0.05) is 102 Å². The van der Waals surface area contributed by atoms with Crippen molar-refractivity contribution in [3.63, 3.8) is 0 Å². The third-order valence-corrected chi connectivity index (χ3v) is 8.60. The summed E-state index contributed by atoms with van der Waals surface area (Å²) >= 11 is 5.32. The predicted octanol–water partition coefficient (Wildman–Crippen LogP) is 8.76. The van der Waals surface area contributed by atoms with E-state index in [2.05, 4.69) is 99.2 Å². The van der Waals surface area contributed by atoms with Gasteiger partial charge in [0.25, 0.3) is 0 Å². The van der Waals surface area contributed by atoms with Crippen molar-refractivity contribution in [2.45, 2.75) is 65.5 Å². The zero-order valence-electron chi connectivity index (χ0n) is 30.6. The molecule has 0 atom stereocenters. The Balaban J connectivity index is 0.000000229. The standard InChI is InChI=1S/C22H24N2O2.C20H26N2O2S/c1-22(2,3)16-8-10-17(11-9-16)23-14-21(26)24-20-6-4-5-15-7-12-18(25)13-19(15)20;1-20(2,3)16-8-5-14(6-9-16)12-21-19(25)22-13-15-7-10-17(23)18(11-15)24-4/h4-13,23,25H,14H2,1-3H3,(H,24,26);5-11,23H,12-13H2,1-4H3,(H2,21,22,25). The molecule has 5 rings (SSSR count). The maximum absolute atomic E-state index is 12.3. The van der Waals surface area contributed by atoms with Gasteiger partial charge >= 0.3 is 0 Å². The van der Waals surface area contributed by atoms with Gasteiger partial charge in [-0.15, -0.1) is 0 Å². The van der Waals surface area contributed by atoms with E-state index in [1.807, 2.05) is 42.5 Å². The summed E-state index contributed by atoms with van der Waals surface area (Å²) in [4.78, 5) is 12.3. The fourth-order valence-electron chi connectivity index (χ4n) is 5.22. The first kappa shape index (κ1) is 38.5. The molecule has 0 aliphatic heterocycles. The first-order valence-corrected chi connectivity index (χ1v) is 17.4. The number of fused-ring (bicyclic) bond motifs is 1. The van der Waals surface area contributed by atoms with Gasteiger partial charge < -0.3 is 36.2 Å². The topological polar surface area (TPSA) is 115 Å². The molecule has 0 aliphatic rings. The van der Waals surface area contributed by atoms with Gasteiger partial charge in [0.05, 0.1) is 13.7 Å². The van der Waals surface area contributed by atoms with Crippen molar-refractivity contribution in [1.82, 2.24) is 10.6 Å². The second-order valence-electron chi connectivity index (χ2n) is 14.4. The van der Waals surface area contributed by atoms with Gasteiger partial charge in [0.2, 0.25) is 5.91 Å². The molecule has 0 bridgehead atoms. The van der Waals surface area contributed by atoms with Crippen LogP contribution in [0.2, 0.25) is 0 Å². The Labute approximate surface area is 307 Å². The number of phenolic OH excluding ortho intramolecular Hbond substituents is 2. The van der Waals surface area contributed by atoms with Gasteiger partial charge in [0.15, 0.2) is 16.6 Å². The molecule has 0 unspecified atom stereocenters. The van der Waals surface area contributed by atoms with E-state index in [9.17, 15) is 15.0 Å². The molecule has 5 aromatic carbocycles. The molecule has 0 spiro atoms. The number of carbonyl (C=O) groups is 1. The Morgan fingerprint density at radius 1 is 0.725 bits per heavy atom. The average molecular weight is 707 g/mol.